The lowest BCUT2D eigenvalue weighted by Crippen LogP contribution is -3.28. The Labute approximate surface area is 186 Å². The van der Waals surface area contributed by atoms with Gasteiger partial charge in [-0.2, -0.15) is 0 Å². The Kier molecular flexibility index (Phi) is 8.32. The first kappa shape index (κ1) is 23.1. The first-order chi connectivity index (χ1) is 15.1. The topological polar surface area (TPSA) is 56.4 Å². The number of amides is 1. The number of hydrogen-bond acceptors (Lipinski definition) is 3. The van der Waals surface area contributed by atoms with Crippen LogP contribution in [0.5, 0.6) is 11.5 Å². The SMILES string of the molecule is CCc1cccc(CC)c1NC(=O)C[NH+]1CC[NH+](Cc2ccc(OC)c(OC)c2)CC1. The molecule has 2 aromatic carbocycles. The molecule has 31 heavy (non-hydrogen) atoms. The standard InChI is InChI=1S/C25H35N3O3/c1-5-20-8-7-9-21(6-2)25(20)26-24(29)18-28-14-12-27(13-15-28)17-19-10-11-22(30-3)23(16-19)31-4/h7-11,16H,5-6,12-15,17-18H2,1-4H3,(H,26,29)/p+2. The molecular weight excluding hydrogens is 390 g/mol. The van der Waals surface area contributed by atoms with Crippen molar-refractivity contribution in [2.75, 3.05) is 52.3 Å². The van der Waals surface area contributed by atoms with E-state index >= 15 is 0 Å². The van der Waals surface area contributed by atoms with E-state index in [9.17, 15) is 4.79 Å². The number of carbonyl (C=O) groups is 1. The molecule has 1 saturated heterocycles. The largest absolute Gasteiger partial charge is 0.493 e. The quantitative estimate of drug-likeness (QED) is 0.554. The predicted molar refractivity (Wildman–Crippen MR) is 123 cm³/mol. The van der Waals surface area contributed by atoms with E-state index in [0.29, 0.717) is 6.54 Å². The Bertz CT molecular complexity index is 854. The molecule has 0 spiro atoms. The highest BCUT2D eigenvalue weighted by Gasteiger charge is 2.25. The molecule has 1 aliphatic rings. The molecule has 168 valence electrons. The van der Waals surface area contributed by atoms with Crippen LogP contribution in [0, 0.1) is 0 Å². The van der Waals surface area contributed by atoms with Crippen molar-refractivity contribution in [2.24, 2.45) is 0 Å². The van der Waals surface area contributed by atoms with Crippen LogP contribution in [0.25, 0.3) is 0 Å². The summed E-state index contributed by atoms with van der Waals surface area (Å²) in [5.41, 5.74) is 4.70. The van der Waals surface area contributed by atoms with Crippen LogP contribution in [0.15, 0.2) is 36.4 Å². The fourth-order valence-electron chi connectivity index (χ4n) is 4.40. The van der Waals surface area contributed by atoms with E-state index in [0.717, 1.165) is 62.8 Å². The van der Waals surface area contributed by atoms with Crippen LogP contribution in [0.3, 0.4) is 0 Å². The smallest absolute Gasteiger partial charge is 0.279 e. The van der Waals surface area contributed by atoms with Crippen LogP contribution in [-0.4, -0.2) is 52.9 Å². The van der Waals surface area contributed by atoms with Gasteiger partial charge in [-0.25, -0.2) is 0 Å². The second-order valence-corrected chi connectivity index (χ2v) is 8.25. The molecular formula is C25H37N3O3+2. The number of hydrogen-bond donors (Lipinski definition) is 3. The third-order valence-electron chi connectivity index (χ3n) is 6.24. The number of nitrogens with one attached hydrogen (secondary N) is 3. The van der Waals surface area contributed by atoms with Gasteiger partial charge >= 0.3 is 0 Å². The number of methoxy groups -OCH3 is 2. The van der Waals surface area contributed by atoms with Gasteiger partial charge in [0.1, 0.15) is 32.7 Å². The fraction of sp³-hybridized carbons (Fsp3) is 0.480. The van der Waals surface area contributed by atoms with Crippen molar-refractivity contribution in [3.63, 3.8) is 0 Å². The highest BCUT2D eigenvalue weighted by Crippen LogP contribution is 2.27. The average molecular weight is 428 g/mol. The van der Waals surface area contributed by atoms with Crippen LogP contribution in [-0.2, 0) is 24.2 Å². The van der Waals surface area contributed by atoms with Gasteiger partial charge in [0.15, 0.2) is 18.0 Å². The minimum atomic E-state index is 0.119. The van der Waals surface area contributed by atoms with Crippen LogP contribution in [0.2, 0.25) is 0 Å². The van der Waals surface area contributed by atoms with E-state index in [4.69, 9.17) is 9.47 Å². The number of aryl methyl sites for hydroxylation is 2. The van der Waals surface area contributed by atoms with Gasteiger partial charge in [-0.1, -0.05) is 32.0 Å². The van der Waals surface area contributed by atoms with Gasteiger partial charge in [-0.15, -0.1) is 0 Å². The number of ether oxygens (including phenoxy) is 2. The maximum atomic E-state index is 12.8. The summed E-state index contributed by atoms with van der Waals surface area (Å²) in [5, 5.41) is 3.21. The molecule has 1 aliphatic heterocycles. The van der Waals surface area contributed by atoms with Crippen molar-refractivity contribution in [1.29, 1.82) is 0 Å². The number of quaternary nitrogens is 2. The maximum Gasteiger partial charge on any atom is 0.279 e. The van der Waals surface area contributed by atoms with E-state index in [1.807, 2.05) is 6.07 Å². The minimum Gasteiger partial charge on any atom is -0.493 e. The van der Waals surface area contributed by atoms with E-state index in [1.165, 1.54) is 21.6 Å². The molecule has 0 saturated carbocycles. The number of carbonyl (C=O) groups excluding carboxylic acids is 1. The number of rotatable bonds is 9. The molecule has 0 radical (unpaired) electrons. The zero-order valence-electron chi connectivity index (χ0n) is 19.3. The van der Waals surface area contributed by atoms with Crippen LogP contribution in [0.4, 0.5) is 5.69 Å². The zero-order valence-corrected chi connectivity index (χ0v) is 19.3. The summed E-state index contributed by atoms with van der Waals surface area (Å²) >= 11 is 0. The lowest BCUT2D eigenvalue weighted by atomic mass is 10.0. The van der Waals surface area contributed by atoms with Crippen molar-refractivity contribution in [3.8, 4) is 11.5 Å². The summed E-state index contributed by atoms with van der Waals surface area (Å²) in [6, 6.07) is 12.4. The summed E-state index contributed by atoms with van der Waals surface area (Å²) in [4.78, 5) is 15.7. The van der Waals surface area contributed by atoms with Crippen molar-refractivity contribution >= 4 is 11.6 Å². The van der Waals surface area contributed by atoms with Crippen molar-refractivity contribution in [2.45, 2.75) is 33.2 Å². The van der Waals surface area contributed by atoms with Crippen LogP contribution < -0.4 is 24.6 Å². The van der Waals surface area contributed by atoms with Gasteiger partial charge in [0, 0.05) is 11.3 Å². The Hall–Kier alpha value is -2.57. The number of para-hydroxylation sites is 1. The summed E-state index contributed by atoms with van der Waals surface area (Å²) in [5.74, 6) is 1.66. The van der Waals surface area contributed by atoms with Gasteiger partial charge in [-0.3, -0.25) is 4.79 Å². The number of anilines is 1. The second kappa shape index (κ2) is 11.2. The molecule has 1 fully saturated rings. The highest BCUT2D eigenvalue weighted by molar-refractivity contribution is 5.93. The number of benzene rings is 2. The maximum absolute atomic E-state index is 12.8. The predicted octanol–water partition coefficient (Wildman–Crippen LogP) is 0.751. The molecule has 1 heterocycles. The molecule has 1 amide bonds. The Balaban J connectivity index is 1.51. The minimum absolute atomic E-state index is 0.119. The lowest BCUT2D eigenvalue weighted by Gasteiger charge is -2.29. The van der Waals surface area contributed by atoms with E-state index in [-0.39, 0.29) is 5.91 Å². The lowest BCUT2D eigenvalue weighted by molar-refractivity contribution is -1.02. The average Bonchev–Trinajstić information content (AvgIpc) is 2.80. The molecule has 0 atom stereocenters. The highest BCUT2D eigenvalue weighted by atomic mass is 16.5. The molecule has 3 N–H and O–H groups in total. The molecule has 3 rings (SSSR count). The molecule has 0 bridgehead atoms. The Morgan fingerprint density at radius 2 is 1.52 bits per heavy atom. The van der Waals surface area contributed by atoms with Gasteiger partial charge in [0.05, 0.1) is 14.2 Å². The molecule has 0 aromatic heterocycles. The van der Waals surface area contributed by atoms with Gasteiger partial charge in [0.2, 0.25) is 0 Å². The van der Waals surface area contributed by atoms with Crippen LogP contribution >= 0.6 is 0 Å². The van der Waals surface area contributed by atoms with Crippen molar-refractivity contribution in [1.82, 2.24) is 0 Å². The number of piperazine rings is 1. The van der Waals surface area contributed by atoms with Gasteiger partial charge < -0.3 is 24.6 Å². The summed E-state index contributed by atoms with van der Waals surface area (Å²) in [6.07, 6.45) is 1.85. The first-order valence-corrected chi connectivity index (χ1v) is 11.4. The van der Waals surface area contributed by atoms with E-state index in [2.05, 4.69) is 49.5 Å². The van der Waals surface area contributed by atoms with Crippen LogP contribution in [0.1, 0.15) is 30.5 Å². The fourth-order valence-corrected chi connectivity index (χ4v) is 4.40. The summed E-state index contributed by atoms with van der Waals surface area (Å²) in [7, 11) is 3.33. The first-order valence-electron chi connectivity index (χ1n) is 11.4. The molecule has 6 nitrogen and oxygen atoms in total. The molecule has 2 aromatic rings. The van der Waals surface area contributed by atoms with Crippen molar-refractivity contribution in [3.05, 3.63) is 53.1 Å². The summed E-state index contributed by atoms with van der Waals surface area (Å²) < 4.78 is 10.8. The third-order valence-corrected chi connectivity index (χ3v) is 6.24. The second-order valence-electron chi connectivity index (χ2n) is 8.25. The molecule has 0 aliphatic carbocycles. The summed E-state index contributed by atoms with van der Waals surface area (Å²) in [6.45, 7) is 9.89. The van der Waals surface area contributed by atoms with Crippen molar-refractivity contribution < 1.29 is 24.1 Å². The van der Waals surface area contributed by atoms with Gasteiger partial charge in [0.25, 0.3) is 5.91 Å². The zero-order chi connectivity index (χ0) is 22.2. The Morgan fingerprint density at radius 3 is 2.10 bits per heavy atom. The third kappa shape index (κ3) is 5.99. The molecule has 0 unspecified atom stereocenters. The molecule has 6 heteroatoms. The van der Waals surface area contributed by atoms with E-state index in [1.54, 1.807) is 19.1 Å². The van der Waals surface area contributed by atoms with E-state index < -0.39 is 0 Å². The Morgan fingerprint density at radius 1 is 0.903 bits per heavy atom. The monoisotopic (exact) mass is 427 g/mol. The normalized spacial score (nSPS) is 18.5. The van der Waals surface area contributed by atoms with Gasteiger partial charge in [-0.05, 0) is 42.2 Å².